The summed E-state index contributed by atoms with van der Waals surface area (Å²) in [5.74, 6) is 3.24. The van der Waals surface area contributed by atoms with Crippen molar-refractivity contribution in [2.75, 3.05) is 31.3 Å². The molecule has 4 rings (SSSR count). The van der Waals surface area contributed by atoms with Gasteiger partial charge in [-0.05, 0) is 124 Å². The Hall–Kier alpha value is -3.68. The first-order valence-electron chi connectivity index (χ1n) is 19.9. The molecule has 0 amide bonds. The van der Waals surface area contributed by atoms with Crippen molar-refractivity contribution < 1.29 is 28.5 Å². The number of carbonyl (C=O) groups excluding carboxylic acids is 2. The highest BCUT2D eigenvalue weighted by Crippen LogP contribution is 2.38. The van der Waals surface area contributed by atoms with Gasteiger partial charge in [-0.1, -0.05) is 71.4 Å². The van der Waals surface area contributed by atoms with E-state index in [4.69, 9.17) is 30.4 Å². The molecule has 51 heavy (non-hydrogen) atoms. The van der Waals surface area contributed by atoms with E-state index >= 15 is 0 Å². The predicted octanol–water partition coefficient (Wildman–Crippen LogP) is 9.80. The van der Waals surface area contributed by atoms with Crippen molar-refractivity contribution in [2.24, 2.45) is 23.7 Å². The minimum Gasteiger partial charge on any atom is -0.491 e. The Morgan fingerprint density at radius 1 is 0.725 bits per heavy atom. The van der Waals surface area contributed by atoms with Crippen molar-refractivity contribution in [3.05, 3.63) is 54.1 Å². The molecule has 0 spiro atoms. The summed E-state index contributed by atoms with van der Waals surface area (Å²) in [6, 6.07) is 9.85. The Morgan fingerprint density at radius 2 is 1.37 bits per heavy atom. The first-order valence-corrected chi connectivity index (χ1v) is 19.9. The van der Waals surface area contributed by atoms with Gasteiger partial charge >= 0.3 is 11.9 Å². The van der Waals surface area contributed by atoms with Crippen LogP contribution in [0.2, 0.25) is 0 Å². The minimum atomic E-state index is -0.406. The number of aryl methyl sites for hydroxylation is 2. The molecule has 2 saturated carbocycles. The Morgan fingerprint density at radius 3 is 2.06 bits per heavy atom. The lowest BCUT2D eigenvalue weighted by Gasteiger charge is -2.29. The topological polar surface area (TPSA) is 123 Å². The van der Waals surface area contributed by atoms with Crippen LogP contribution in [-0.4, -0.2) is 31.8 Å². The van der Waals surface area contributed by atoms with Crippen LogP contribution in [0.25, 0.3) is 0 Å². The van der Waals surface area contributed by atoms with Gasteiger partial charge in [0.2, 0.25) is 0 Å². The highest BCUT2D eigenvalue weighted by Gasteiger charge is 2.28. The van der Waals surface area contributed by atoms with Crippen molar-refractivity contribution in [3.63, 3.8) is 0 Å². The maximum Gasteiger partial charge on any atom is 0.330 e. The van der Waals surface area contributed by atoms with Crippen molar-refractivity contribution in [3.8, 4) is 17.2 Å². The van der Waals surface area contributed by atoms with Gasteiger partial charge in [0.25, 0.3) is 0 Å². The van der Waals surface area contributed by atoms with Gasteiger partial charge in [0, 0.05) is 6.08 Å². The molecule has 2 aromatic rings. The third-order valence-electron chi connectivity index (χ3n) is 11.0. The number of nitrogens with two attached hydrogens (primary N) is 2. The zero-order valence-electron chi connectivity index (χ0n) is 31.4. The molecule has 4 N–H and O–H groups in total. The molecule has 0 bridgehead atoms. The molecule has 0 heterocycles. The molecule has 2 aromatic carbocycles. The highest BCUT2D eigenvalue weighted by molar-refractivity contribution is 5.81. The average Bonchev–Trinajstić information content (AvgIpc) is 3.15. The Kier molecular flexibility index (Phi) is 17.0. The summed E-state index contributed by atoms with van der Waals surface area (Å²) in [7, 11) is 0. The van der Waals surface area contributed by atoms with Gasteiger partial charge in [0.15, 0.2) is 0 Å². The summed E-state index contributed by atoms with van der Waals surface area (Å²) in [5, 5.41) is 0. The highest BCUT2D eigenvalue weighted by atomic mass is 16.5. The number of rotatable bonds is 21. The Balaban J connectivity index is 1.26. The van der Waals surface area contributed by atoms with Crippen LogP contribution in [0, 0.1) is 23.7 Å². The largest absolute Gasteiger partial charge is 0.491 e. The summed E-state index contributed by atoms with van der Waals surface area (Å²) < 4.78 is 23.1. The van der Waals surface area contributed by atoms with Gasteiger partial charge in [-0.15, -0.1) is 0 Å². The van der Waals surface area contributed by atoms with E-state index in [9.17, 15) is 9.59 Å². The number of hydrogen-bond donors (Lipinski definition) is 2. The normalized spacial score (nSPS) is 20.4. The van der Waals surface area contributed by atoms with Crippen molar-refractivity contribution in [1.82, 2.24) is 0 Å². The van der Waals surface area contributed by atoms with Crippen LogP contribution in [-0.2, 0) is 27.2 Å². The molecule has 0 unspecified atom stereocenters. The molecular weight excluding hydrogens is 640 g/mol. The fourth-order valence-electron chi connectivity index (χ4n) is 7.63. The molecule has 8 nitrogen and oxygen atoms in total. The van der Waals surface area contributed by atoms with E-state index in [1.54, 1.807) is 0 Å². The smallest absolute Gasteiger partial charge is 0.330 e. The number of unbranched alkanes of at least 4 members (excludes halogenated alkanes) is 3. The second-order valence-electron chi connectivity index (χ2n) is 14.9. The van der Waals surface area contributed by atoms with Crippen molar-refractivity contribution in [1.29, 1.82) is 0 Å². The molecule has 0 aromatic heterocycles. The number of ether oxygens (including phenoxy) is 4. The number of carbonyl (C=O) groups is 2. The zero-order chi connectivity index (χ0) is 36.4. The molecule has 2 fully saturated rings. The van der Waals surface area contributed by atoms with E-state index in [-0.39, 0.29) is 11.9 Å². The Bertz CT molecular complexity index is 1380. The monoisotopic (exact) mass is 704 g/mol. The van der Waals surface area contributed by atoms with Crippen molar-refractivity contribution >= 4 is 23.3 Å². The first-order chi connectivity index (χ1) is 24.8. The molecular formula is C43H64N2O6. The van der Waals surface area contributed by atoms with E-state index in [1.165, 1.54) is 50.2 Å². The standard InChI is InChI=1S/C43H64N2O6/c1-4-7-9-11-31-18-21-35(22-19-31)43(47)51-37-24-23-34(36(29-37)12-10-28-49-40(46)6-3)20-17-32-13-15-33(16-14-32)30-50-39-26-25-38(41(44)42(39)45)48-27-8-5-2/h6,23-26,29,31-33,35H,3-5,7-22,27-28,30,44-45H2,1-2H3. The van der Waals surface area contributed by atoms with E-state index in [0.717, 1.165) is 82.1 Å². The van der Waals surface area contributed by atoms with Crippen LogP contribution in [0.3, 0.4) is 0 Å². The number of anilines is 2. The van der Waals surface area contributed by atoms with Gasteiger partial charge in [0.1, 0.15) is 28.6 Å². The quantitative estimate of drug-likeness (QED) is 0.0433. The summed E-state index contributed by atoms with van der Waals surface area (Å²) in [5.41, 5.74) is 15.9. The molecule has 0 radical (unpaired) electrons. The number of esters is 2. The maximum absolute atomic E-state index is 13.2. The lowest BCUT2D eigenvalue weighted by Crippen LogP contribution is -2.25. The fraction of sp³-hybridized carbons (Fsp3) is 0.628. The average molecular weight is 705 g/mol. The molecule has 282 valence electrons. The van der Waals surface area contributed by atoms with Crippen molar-refractivity contribution in [2.45, 2.75) is 129 Å². The second kappa shape index (κ2) is 21.6. The minimum absolute atomic E-state index is 0.0136. The van der Waals surface area contributed by atoms with Crippen LogP contribution in [0.4, 0.5) is 11.4 Å². The number of hydrogen-bond acceptors (Lipinski definition) is 8. The van der Waals surface area contributed by atoms with Crippen LogP contribution in [0.5, 0.6) is 17.2 Å². The summed E-state index contributed by atoms with van der Waals surface area (Å²) in [6.07, 6.45) is 20.5. The van der Waals surface area contributed by atoms with Crippen LogP contribution in [0.1, 0.15) is 128 Å². The fourth-order valence-corrected chi connectivity index (χ4v) is 7.63. The molecule has 0 aliphatic heterocycles. The van der Waals surface area contributed by atoms with Gasteiger partial charge < -0.3 is 30.4 Å². The van der Waals surface area contributed by atoms with E-state index < -0.39 is 5.97 Å². The van der Waals surface area contributed by atoms with Gasteiger partial charge in [0.05, 0.1) is 25.7 Å². The van der Waals surface area contributed by atoms with E-state index in [2.05, 4.69) is 26.5 Å². The van der Waals surface area contributed by atoms with E-state index in [1.807, 2.05) is 24.3 Å². The molecule has 2 aliphatic carbocycles. The third kappa shape index (κ3) is 13.1. The van der Waals surface area contributed by atoms with Crippen LogP contribution < -0.4 is 25.7 Å². The molecule has 8 heteroatoms. The number of benzene rings is 2. The van der Waals surface area contributed by atoms with Crippen LogP contribution >= 0.6 is 0 Å². The predicted molar refractivity (Wildman–Crippen MR) is 206 cm³/mol. The number of nitrogen functional groups attached to an aromatic ring is 2. The Labute approximate surface area is 307 Å². The lowest BCUT2D eigenvalue weighted by molar-refractivity contribution is -0.140. The van der Waals surface area contributed by atoms with E-state index in [0.29, 0.717) is 66.7 Å². The summed E-state index contributed by atoms with van der Waals surface area (Å²) >= 11 is 0. The van der Waals surface area contributed by atoms with Gasteiger partial charge in [-0.25, -0.2) is 4.79 Å². The summed E-state index contributed by atoms with van der Waals surface area (Å²) in [4.78, 5) is 24.7. The first kappa shape index (κ1) is 40.1. The second-order valence-corrected chi connectivity index (χ2v) is 14.9. The SMILES string of the molecule is C=CC(=O)OCCCc1cc(OC(=O)C2CCC(CCCCC)CC2)ccc1CCC1CCC(COc2ccc(OCCCC)c(N)c2N)CC1. The third-order valence-corrected chi connectivity index (χ3v) is 11.0. The summed E-state index contributed by atoms with van der Waals surface area (Å²) in [6.45, 7) is 9.44. The van der Waals surface area contributed by atoms with Crippen LogP contribution in [0.15, 0.2) is 43.0 Å². The lowest BCUT2D eigenvalue weighted by atomic mass is 9.79. The van der Waals surface area contributed by atoms with Gasteiger partial charge in [-0.2, -0.15) is 0 Å². The van der Waals surface area contributed by atoms with Gasteiger partial charge in [-0.3, -0.25) is 4.79 Å². The molecule has 2 aliphatic rings. The zero-order valence-corrected chi connectivity index (χ0v) is 31.4. The maximum atomic E-state index is 13.2. The molecule has 0 atom stereocenters. The molecule has 0 saturated heterocycles.